The maximum Gasteiger partial charge on any atom is 0.229 e. The van der Waals surface area contributed by atoms with Gasteiger partial charge < -0.3 is 0 Å². The largest absolute Gasteiger partial charge is 0.229 e. The molecule has 0 spiro atoms. The van der Waals surface area contributed by atoms with E-state index in [0.29, 0.717) is 5.13 Å². The van der Waals surface area contributed by atoms with Crippen LogP contribution in [0.15, 0.2) is 5.11 Å². The lowest BCUT2D eigenvalue weighted by molar-refractivity contribution is 0.587. The summed E-state index contributed by atoms with van der Waals surface area (Å²) in [7, 11) is 0. The lowest BCUT2D eigenvalue weighted by atomic mass is 10.1. The van der Waals surface area contributed by atoms with E-state index in [1.165, 1.54) is 55.5 Å². The molecule has 0 aromatic carbocycles. The zero-order valence-electron chi connectivity index (χ0n) is 9.67. The number of rotatable bonds is 1. The molecule has 0 unspecified atom stereocenters. The second-order valence-corrected chi connectivity index (χ2v) is 5.52. The van der Waals surface area contributed by atoms with E-state index in [1.54, 1.807) is 11.3 Å². The molecule has 0 fully saturated rings. The van der Waals surface area contributed by atoms with Crippen molar-refractivity contribution in [3.63, 3.8) is 0 Å². The van der Waals surface area contributed by atoms with Gasteiger partial charge in [0, 0.05) is 4.88 Å². The molecule has 0 amide bonds. The Bertz CT molecular complexity index is 319. The van der Waals surface area contributed by atoms with Gasteiger partial charge in [-0.1, -0.05) is 43.4 Å². The Labute approximate surface area is 101 Å². The number of aromatic nitrogens is 1. The van der Waals surface area contributed by atoms with Gasteiger partial charge in [0.05, 0.1) is 5.69 Å². The number of nitrogens with zero attached hydrogens (tertiary/aromatic N) is 2. The average Bonchev–Trinajstić information content (AvgIpc) is 2.67. The molecule has 16 heavy (non-hydrogen) atoms. The van der Waals surface area contributed by atoms with Gasteiger partial charge >= 0.3 is 0 Å². The van der Waals surface area contributed by atoms with Crippen molar-refractivity contribution in [2.75, 3.05) is 0 Å². The first-order valence-corrected chi connectivity index (χ1v) is 7.08. The van der Waals surface area contributed by atoms with Crippen molar-refractivity contribution in [1.29, 1.82) is 5.53 Å². The average molecular weight is 237 g/mol. The maximum atomic E-state index is 7.03. The quantitative estimate of drug-likeness (QED) is 0.711. The summed E-state index contributed by atoms with van der Waals surface area (Å²) in [4.78, 5) is 5.82. The fourth-order valence-electron chi connectivity index (χ4n) is 2.27. The summed E-state index contributed by atoms with van der Waals surface area (Å²) in [5.41, 5.74) is 8.25. The van der Waals surface area contributed by atoms with E-state index < -0.39 is 0 Å². The Kier molecular flexibility index (Phi) is 4.45. The Hall–Kier alpha value is -0.770. The van der Waals surface area contributed by atoms with Crippen LogP contribution in [0.5, 0.6) is 0 Å². The Balaban J connectivity index is 2.08. The highest BCUT2D eigenvalue weighted by Crippen LogP contribution is 2.29. The number of fused-ring (bicyclic) bond motifs is 1. The molecule has 1 heterocycles. The van der Waals surface area contributed by atoms with Crippen molar-refractivity contribution >= 4 is 16.5 Å². The van der Waals surface area contributed by atoms with Crippen molar-refractivity contribution < 1.29 is 0 Å². The summed E-state index contributed by atoms with van der Waals surface area (Å²) in [6, 6.07) is 0. The molecule has 1 aliphatic carbocycles. The van der Waals surface area contributed by atoms with Crippen LogP contribution in [-0.2, 0) is 12.8 Å². The van der Waals surface area contributed by atoms with E-state index in [-0.39, 0.29) is 0 Å². The standard InChI is InChI=1S/C12H19N3S/c13-15-12-14-10-8-6-4-2-1-3-5-7-9-11(10)16-12/h13H,1-9H2. The molecule has 3 nitrogen and oxygen atoms in total. The normalized spacial score (nSPS) is 18.5. The number of nitrogens with one attached hydrogen (secondary N) is 1. The van der Waals surface area contributed by atoms with Gasteiger partial charge in [-0.2, -0.15) is 0 Å². The van der Waals surface area contributed by atoms with Crippen molar-refractivity contribution in [2.45, 2.75) is 57.8 Å². The summed E-state index contributed by atoms with van der Waals surface area (Å²) in [5, 5.41) is 4.10. The molecular formula is C12H19N3S. The second kappa shape index (κ2) is 6.09. The topological polar surface area (TPSA) is 49.1 Å². The van der Waals surface area contributed by atoms with Crippen LogP contribution in [0.25, 0.3) is 0 Å². The molecule has 88 valence electrons. The first kappa shape index (κ1) is 11.7. The highest BCUT2D eigenvalue weighted by Gasteiger charge is 2.11. The van der Waals surface area contributed by atoms with Gasteiger partial charge in [-0.3, -0.25) is 0 Å². The van der Waals surface area contributed by atoms with Crippen molar-refractivity contribution in [3.8, 4) is 0 Å². The van der Waals surface area contributed by atoms with Crippen molar-refractivity contribution in [1.82, 2.24) is 4.98 Å². The smallest absolute Gasteiger partial charge is 0.222 e. The molecule has 0 bridgehead atoms. The minimum Gasteiger partial charge on any atom is -0.222 e. The SMILES string of the molecule is N=Nc1nc2c(s1)CCCCCCCCC2. The minimum atomic E-state index is 0.641. The van der Waals surface area contributed by atoms with Gasteiger partial charge in [-0.05, 0) is 25.7 Å². The third-order valence-electron chi connectivity index (χ3n) is 3.18. The highest BCUT2D eigenvalue weighted by atomic mass is 32.1. The van der Waals surface area contributed by atoms with Crippen LogP contribution in [0.4, 0.5) is 5.13 Å². The molecule has 0 radical (unpaired) electrons. The van der Waals surface area contributed by atoms with Gasteiger partial charge in [-0.15, -0.1) is 5.11 Å². The lowest BCUT2D eigenvalue weighted by Crippen LogP contribution is -1.91. The zero-order valence-corrected chi connectivity index (χ0v) is 10.5. The molecule has 0 saturated carbocycles. The first-order valence-electron chi connectivity index (χ1n) is 6.26. The van der Waals surface area contributed by atoms with Crippen molar-refractivity contribution in [2.24, 2.45) is 5.11 Å². The minimum absolute atomic E-state index is 0.641. The first-order chi connectivity index (χ1) is 7.90. The zero-order chi connectivity index (χ0) is 11.2. The van der Waals surface area contributed by atoms with Crippen LogP contribution >= 0.6 is 11.3 Å². The van der Waals surface area contributed by atoms with Crippen LogP contribution in [0.3, 0.4) is 0 Å². The van der Waals surface area contributed by atoms with Gasteiger partial charge in [0.15, 0.2) is 0 Å². The van der Waals surface area contributed by atoms with Crippen LogP contribution < -0.4 is 0 Å². The van der Waals surface area contributed by atoms with E-state index in [2.05, 4.69) is 10.1 Å². The van der Waals surface area contributed by atoms with Gasteiger partial charge in [0.1, 0.15) is 0 Å². The summed E-state index contributed by atoms with van der Waals surface area (Å²) < 4.78 is 0. The van der Waals surface area contributed by atoms with E-state index in [0.717, 1.165) is 12.8 Å². The Morgan fingerprint density at radius 2 is 1.56 bits per heavy atom. The maximum absolute atomic E-state index is 7.03. The fourth-order valence-corrected chi connectivity index (χ4v) is 3.20. The third kappa shape index (κ3) is 3.11. The number of hydrogen-bond donors (Lipinski definition) is 1. The molecule has 1 aromatic heterocycles. The third-order valence-corrected chi connectivity index (χ3v) is 4.23. The molecule has 1 N–H and O–H groups in total. The van der Waals surface area contributed by atoms with E-state index in [4.69, 9.17) is 5.53 Å². The molecular weight excluding hydrogens is 218 g/mol. The highest BCUT2D eigenvalue weighted by molar-refractivity contribution is 7.15. The molecule has 0 aliphatic heterocycles. The van der Waals surface area contributed by atoms with Crippen LogP contribution in [0.1, 0.15) is 55.5 Å². The van der Waals surface area contributed by atoms with Gasteiger partial charge in [0.2, 0.25) is 5.13 Å². The summed E-state index contributed by atoms with van der Waals surface area (Å²) in [6.45, 7) is 0. The monoisotopic (exact) mass is 237 g/mol. The van der Waals surface area contributed by atoms with Gasteiger partial charge in [0.25, 0.3) is 0 Å². The second-order valence-electron chi connectivity index (χ2n) is 4.45. The number of thiazole rings is 1. The molecule has 4 heteroatoms. The summed E-state index contributed by atoms with van der Waals surface area (Å²) >= 11 is 1.62. The summed E-state index contributed by atoms with van der Waals surface area (Å²) in [6.07, 6.45) is 11.5. The van der Waals surface area contributed by atoms with E-state index in [1.807, 2.05) is 0 Å². The Morgan fingerprint density at radius 3 is 2.25 bits per heavy atom. The molecule has 0 atom stereocenters. The van der Waals surface area contributed by atoms with Crippen LogP contribution in [0, 0.1) is 5.53 Å². The molecule has 2 rings (SSSR count). The lowest BCUT2D eigenvalue weighted by Gasteiger charge is -1.99. The number of hydrogen-bond acceptors (Lipinski definition) is 4. The predicted octanol–water partition coefficient (Wildman–Crippen LogP) is 4.63. The Morgan fingerprint density at radius 1 is 0.938 bits per heavy atom. The summed E-state index contributed by atoms with van der Waals surface area (Å²) in [5.74, 6) is 0. The molecule has 0 saturated heterocycles. The van der Waals surface area contributed by atoms with E-state index >= 15 is 0 Å². The van der Waals surface area contributed by atoms with E-state index in [9.17, 15) is 0 Å². The van der Waals surface area contributed by atoms with Crippen LogP contribution in [-0.4, -0.2) is 4.98 Å². The fraction of sp³-hybridized carbons (Fsp3) is 0.750. The van der Waals surface area contributed by atoms with Crippen LogP contribution in [0.2, 0.25) is 0 Å². The molecule has 1 aliphatic rings. The van der Waals surface area contributed by atoms with Crippen molar-refractivity contribution in [3.05, 3.63) is 10.6 Å². The number of aryl methyl sites for hydroxylation is 2. The predicted molar refractivity (Wildman–Crippen MR) is 66.6 cm³/mol. The molecule has 1 aromatic rings. The van der Waals surface area contributed by atoms with Gasteiger partial charge in [-0.25, -0.2) is 10.5 Å².